The van der Waals surface area contributed by atoms with Gasteiger partial charge in [-0.1, -0.05) is 133 Å². The van der Waals surface area contributed by atoms with E-state index < -0.39 is 5.41 Å². The molecule has 1 spiro atoms. The summed E-state index contributed by atoms with van der Waals surface area (Å²) in [6, 6.07) is 62.8. The summed E-state index contributed by atoms with van der Waals surface area (Å²) in [5.41, 5.74) is 13.9. The monoisotopic (exact) mass is 692 g/mol. The number of benzene rings is 8. The van der Waals surface area contributed by atoms with Crippen LogP contribution in [0.4, 0.5) is 0 Å². The fraction of sp³-hybridized carbons (Fsp3) is 0.0204. The number of furan rings is 1. The molecule has 1 unspecified atom stereocenters. The molecule has 0 saturated carbocycles. The van der Waals surface area contributed by atoms with Gasteiger partial charge >= 0.3 is 0 Å². The molecule has 2 aliphatic heterocycles. The average Bonchev–Trinajstić information content (AvgIpc) is 3.88. The first-order valence-corrected chi connectivity index (χ1v) is 19.0. The second-order valence-electron chi connectivity index (χ2n) is 14.4. The lowest BCUT2D eigenvalue weighted by Crippen LogP contribution is -2.37. The molecule has 2 aliphatic rings. The molecule has 0 fully saturated rings. The summed E-state index contributed by atoms with van der Waals surface area (Å²) in [4.78, 5) is 2.59. The third-order valence-corrected chi connectivity index (χ3v) is 13.2. The van der Waals surface area contributed by atoms with Crippen LogP contribution in [0.2, 0.25) is 0 Å². The highest BCUT2D eigenvalue weighted by Crippen LogP contribution is 2.62. The molecule has 246 valence electrons. The Bertz CT molecular complexity index is 3400. The van der Waals surface area contributed by atoms with Gasteiger partial charge in [0.05, 0.1) is 33.2 Å². The van der Waals surface area contributed by atoms with E-state index in [1.807, 2.05) is 17.8 Å². The van der Waals surface area contributed by atoms with Gasteiger partial charge in [-0.3, -0.25) is 0 Å². The van der Waals surface area contributed by atoms with Gasteiger partial charge in [-0.2, -0.15) is 0 Å². The second kappa shape index (κ2) is 9.88. The molecule has 0 radical (unpaired) electrons. The SMILES string of the molecule is c1ccc2c(c1)Sc1c(ccc3c4ccccc4n(-c4ccc5oc6ccccc6c5c4)c13)C21c2ccccc2-n2c3ccccc3c3cccc1c32. The van der Waals surface area contributed by atoms with Gasteiger partial charge in [-0.15, -0.1) is 0 Å². The van der Waals surface area contributed by atoms with Crippen molar-refractivity contribution < 1.29 is 4.42 Å². The molecule has 0 saturated heterocycles. The Labute approximate surface area is 308 Å². The van der Waals surface area contributed by atoms with Crippen molar-refractivity contribution in [3.05, 3.63) is 192 Å². The fourth-order valence-electron chi connectivity index (χ4n) is 9.95. The van der Waals surface area contributed by atoms with Crippen LogP contribution in [0.25, 0.3) is 76.9 Å². The van der Waals surface area contributed by atoms with Crippen LogP contribution in [-0.4, -0.2) is 9.13 Å². The van der Waals surface area contributed by atoms with Crippen LogP contribution in [-0.2, 0) is 5.41 Å². The molecule has 1 atom stereocenters. The highest BCUT2D eigenvalue weighted by atomic mass is 32.2. The quantitative estimate of drug-likeness (QED) is 0.171. The first kappa shape index (κ1) is 28.1. The number of hydrogen-bond donors (Lipinski definition) is 0. The van der Waals surface area contributed by atoms with Crippen molar-refractivity contribution in [1.82, 2.24) is 9.13 Å². The molecular weight excluding hydrogens is 665 g/mol. The van der Waals surface area contributed by atoms with E-state index in [2.05, 4.69) is 173 Å². The van der Waals surface area contributed by atoms with Crippen molar-refractivity contribution in [1.29, 1.82) is 0 Å². The lowest BCUT2D eigenvalue weighted by atomic mass is 9.62. The van der Waals surface area contributed by atoms with Gasteiger partial charge in [-0.05, 0) is 70.8 Å². The minimum atomic E-state index is -0.544. The van der Waals surface area contributed by atoms with E-state index in [-0.39, 0.29) is 0 Å². The molecular formula is C49H28N2OS. The van der Waals surface area contributed by atoms with Crippen LogP contribution in [0.5, 0.6) is 0 Å². The van der Waals surface area contributed by atoms with Gasteiger partial charge < -0.3 is 13.6 Å². The van der Waals surface area contributed by atoms with Crippen molar-refractivity contribution in [3.63, 3.8) is 0 Å². The maximum Gasteiger partial charge on any atom is 0.135 e. The van der Waals surface area contributed by atoms with E-state index >= 15 is 0 Å². The van der Waals surface area contributed by atoms with Crippen molar-refractivity contribution in [2.75, 3.05) is 0 Å². The molecule has 0 bridgehead atoms. The first-order chi connectivity index (χ1) is 26.3. The number of para-hydroxylation sites is 5. The number of aromatic nitrogens is 2. The van der Waals surface area contributed by atoms with Crippen LogP contribution in [0.3, 0.4) is 0 Å². The van der Waals surface area contributed by atoms with Gasteiger partial charge in [0, 0.05) is 47.8 Å². The number of rotatable bonds is 1. The fourth-order valence-corrected chi connectivity index (χ4v) is 11.3. The largest absolute Gasteiger partial charge is 0.456 e. The van der Waals surface area contributed by atoms with Crippen LogP contribution >= 0.6 is 11.8 Å². The predicted octanol–water partition coefficient (Wildman–Crippen LogP) is 12.9. The molecule has 4 heteroatoms. The van der Waals surface area contributed by atoms with Gasteiger partial charge in [0.2, 0.25) is 0 Å². The van der Waals surface area contributed by atoms with Gasteiger partial charge in [-0.25, -0.2) is 0 Å². The second-order valence-corrected chi connectivity index (χ2v) is 15.4. The van der Waals surface area contributed by atoms with E-state index in [4.69, 9.17) is 4.42 Å². The molecule has 3 nitrogen and oxygen atoms in total. The summed E-state index contributed by atoms with van der Waals surface area (Å²) < 4.78 is 11.3. The summed E-state index contributed by atoms with van der Waals surface area (Å²) >= 11 is 1.92. The number of nitrogens with zero attached hydrogens (tertiary/aromatic N) is 2. The van der Waals surface area contributed by atoms with Crippen LogP contribution in [0.1, 0.15) is 22.3 Å². The summed E-state index contributed by atoms with van der Waals surface area (Å²) in [7, 11) is 0. The maximum absolute atomic E-state index is 6.30. The van der Waals surface area contributed by atoms with Crippen molar-refractivity contribution in [2.45, 2.75) is 15.2 Å². The zero-order valence-electron chi connectivity index (χ0n) is 28.4. The lowest BCUT2D eigenvalue weighted by molar-refractivity contribution is 0.669. The van der Waals surface area contributed by atoms with Crippen molar-refractivity contribution in [2.24, 2.45) is 0 Å². The van der Waals surface area contributed by atoms with E-state index in [9.17, 15) is 0 Å². The van der Waals surface area contributed by atoms with E-state index in [1.165, 1.54) is 81.3 Å². The highest BCUT2D eigenvalue weighted by Gasteiger charge is 2.50. The Balaban J connectivity index is 1.22. The zero-order valence-corrected chi connectivity index (χ0v) is 29.2. The molecule has 8 aromatic carbocycles. The van der Waals surface area contributed by atoms with Crippen LogP contribution in [0, 0.1) is 0 Å². The minimum Gasteiger partial charge on any atom is -0.456 e. The molecule has 13 rings (SSSR count). The molecule has 53 heavy (non-hydrogen) atoms. The minimum absolute atomic E-state index is 0.544. The standard InChI is InChI=1S/C49H28N2OS/c1-6-19-40-31(13-1)34-25-26-39-48(47(34)50(40)29-24-27-44-35(28-29)32-14-3-9-22-43(32)52-44)53-45-23-10-5-17-37(45)49(39)36-16-4-8-21-42(36)51-41-20-7-2-12-30(41)33-15-11-18-38(49)46(33)51/h1-28H. The highest BCUT2D eigenvalue weighted by molar-refractivity contribution is 7.99. The van der Waals surface area contributed by atoms with Gasteiger partial charge in [0.1, 0.15) is 11.2 Å². The molecule has 0 N–H and O–H groups in total. The van der Waals surface area contributed by atoms with E-state index in [0.29, 0.717) is 0 Å². The Morgan fingerprint density at radius 3 is 1.92 bits per heavy atom. The van der Waals surface area contributed by atoms with Crippen molar-refractivity contribution in [3.8, 4) is 11.4 Å². The third-order valence-electron chi connectivity index (χ3n) is 12.0. The van der Waals surface area contributed by atoms with E-state index in [0.717, 1.165) is 27.6 Å². The van der Waals surface area contributed by atoms with Gasteiger partial charge in [0.15, 0.2) is 0 Å². The van der Waals surface area contributed by atoms with Crippen molar-refractivity contribution >= 4 is 77.3 Å². The van der Waals surface area contributed by atoms with E-state index in [1.54, 1.807) is 0 Å². The Morgan fingerprint density at radius 1 is 0.415 bits per heavy atom. The first-order valence-electron chi connectivity index (χ1n) is 18.2. The summed E-state index contributed by atoms with van der Waals surface area (Å²) in [6.07, 6.45) is 0. The number of hydrogen-bond acceptors (Lipinski definition) is 2. The van der Waals surface area contributed by atoms with Gasteiger partial charge in [0.25, 0.3) is 0 Å². The molecule has 5 heterocycles. The Kier molecular flexibility index (Phi) is 5.25. The molecule has 11 aromatic rings. The molecule has 0 aliphatic carbocycles. The molecule has 3 aromatic heterocycles. The Hall–Kier alpha value is -6.49. The van der Waals surface area contributed by atoms with Crippen LogP contribution in [0.15, 0.2) is 184 Å². The number of fused-ring (bicyclic) bond motifs is 18. The average molecular weight is 693 g/mol. The maximum atomic E-state index is 6.30. The topological polar surface area (TPSA) is 23.0 Å². The summed E-state index contributed by atoms with van der Waals surface area (Å²) in [5.74, 6) is 0. The smallest absolute Gasteiger partial charge is 0.135 e. The molecule has 0 amide bonds. The summed E-state index contributed by atoms with van der Waals surface area (Å²) in [6.45, 7) is 0. The lowest BCUT2D eigenvalue weighted by Gasteiger charge is -2.45. The normalized spacial score (nSPS) is 15.9. The zero-order chi connectivity index (χ0) is 34.4. The third kappa shape index (κ3) is 3.34. The predicted molar refractivity (Wildman–Crippen MR) is 218 cm³/mol. The summed E-state index contributed by atoms with van der Waals surface area (Å²) in [5, 5.41) is 7.35. The van der Waals surface area contributed by atoms with Crippen LogP contribution < -0.4 is 0 Å². The Morgan fingerprint density at radius 2 is 1.06 bits per heavy atom.